The smallest absolute Gasteiger partial charge is 0.158 e. The van der Waals surface area contributed by atoms with Crippen molar-refractivity contribution in [3.8, 4) is 5.75 Å². The molecule has 0 aliphatic carbocycles. The van der Waals surface area contributed by atoms with Crippen LogP contribution >= 0.6 is 11.6 Å². The zero-order chi connectivity index (χ0) is 12.5. The molecule has 0 saturated heterocycles. The molecule has 2 aromatic rings. The Bertz CT molecular complexity index is 640. The van der Waals surface area contributed by atoms with E-state index in [4.69, 9.17) is 16.3 Å². The highest BCUT2D eigenvalue weighted by atomic mass is 35.5. The van der Waals surface area contributed by atoms with Gasteiger partial charge in [0.2, 0.25) is 0 Å². The Morgan fingerprint density at radius 2 is 2.11 bits per heavy atom. The highest BCUT2D eigenvalue weighted by Crippen LogP contribution is 2.40. The minimum atomic E-state index is 0.457. The summed E-state index contributed by atoms with van der Waals surface area (Å²) in [6.07, 6.45) is 3.35. The second kappa shape index (κ2) is 4.31. The maximum absolute atomic E-state index is 6.22. The van der Waals surface area contributed by atoms with E-state index in [1.54, 1.807) is 19.5 Å². The molecule has 3 rings (SSSR count). The Morgan fingerprint density at radius 3 is 2.94 bits per heavy atom. The van der Waals surface area contributed by atoms with E-state index >= 15 is 0 Å². The highest BCUT2D eigenvalue weighted by molar-refractivity contribution is 6.35. The normalized spacial score (nSPS) is 12.1. The number of methoxy groups -OCH3 is 1. The molecular weight excluding hydrogens is 250 g/mol. The molecule has 0 fully saturated rings. The number of rotatable bonds is 1. The van der Waals surface area contributed by atoms with Crippen molar-refractivity contribution < 1.29 is 4.74 Å². The Hall–Kier alpha value is -2.07. The quantitative estimate of drug-likeness (QED) is 0.727. The number of fused-ring (bicyclic) bond motifs is 2. The van der Waals surface area contributed by atoms with Gasteiger partial charge >= 0.3 is 0 Å². The predicted molar refractivity (Wildman–Crippen MR) is 72.8 cm³/mol. The summed E-state index contributed by atoms with van der Waals surface area (Å²) in [7, 11) is 1.55. The average Bonchev–Trinajstić information content (AvgIpc) is 2.58. The number of nitrogens with zero attached hydrogens (tertiary/aromatic N) is 2. The van der Waals surface area contributed by atoms with Crippen LogP contribution < -0.4 is 10.1 Å². The monoisotopic (exact) mass is 259 g/mol. The molecule has 0 amide bonds. The van der Waals surface area contributed by atoms with Crippen molar-refractivity contribution in [2.24, 2.45) is 4.99 Å². The van der Waals surface area contributed by atoms with Gasteiger partial charge in [0.25, 0.3) is 0 Å². The molecule has 18 heavy (non-hydrogen) atoms. The third-order valence-electron chi connectivity index (χ3n) is 2.73. The van der Waals surface area contributed by atoms with Crippen LogP contribution in [0.3, 0.4) is 0 Å². The first-order valence-electron chi connectivity index (χ1n) is 5.42. The number of aromatic nitrogens is 1. The Morgan fingerprint density at radius 1 is 1.28 bits per heavy atom. The molecule has 1 N–H and O–H groups in total. The topological polar surface area (TPSA) is 46.5 Å². The molecule has 0 bridgehead atoms. The summed E-state index contributed by atoms with van der Waals surface area (Å²) in [5, 5.41) is 3.68. The summed E-state index contributed by atoms with van der Waals surface area (Å²) >= 11 is 6.22. The maximum atomic E-state index is 6.22. The first kappa shape index (κ1) is 11.0. The first-order valence-corrected chi connectivity index (χ1v) is 5.80. The summed E-state index contributed by atoms with van der Waals surface area (Å²) < 4.78 is 5.13. The number of anilines is 2. The SMILES string of the molecule is COc1cnc2c(c1Cl)N=Cc1ccccc1N2. The van der Waals surface area contributed by atoms with Crippen LogP contribution in [-0.2, 0) is 0 Å². The fraction of sp³-hybridized carbons (Fsp3) is 0.0769. The van der Waals surface area contributed by atoms with Gasteiger partial charge in [0.1, 0.15) is 10.7 Å². The number of aliphatic imine (C=N–C) groups is 1. The van der Waals surface area contributed by atoms with E-state index in [9.17, 15) is 0 Å². The summed E-state index contributed by atoms with van der Waals surface area (Å²) in [6, 6.07) is 7.85. The van der Waals surface area contributed by atoms with Crippen LogP contribution in [0.15, 0.2) is 35.5 Å². The highest BCUT2D eigenvalue weighted by Gasteiger charge is 2.16. The predicted octanol–water partition coefficient (Wildman–Crippen LogP) is 3.55. The minimum absolute atomic E-state index is 0.457. The summed E-state index contributed by atoms with van der Waals surface area (Å²) in [6.45, 7) is 0. The van der Waals surface area contributed by atoms with E-state index in [0.717, 1.165) is 11.3 Å². The molecule has 1 aliphatic rings. The van der Waals surface area contributed by atoms with Crippen molar-refractivity contribution in [1.29, 1.82) is 0 Å². The van der Waals surface area contributed by atoms with E-state index in [-0.39, 0.29) is 0 Å². The molecule has 4 nitrogen and oxygen atoms in total. The largest absolute Gasteiger partial charge is 0.493 e. The van der Waals surface area contributed by atoms with E-state index in [1.165, 1.54) is 0 Å². The molecular formula is C13H10ClN3O. The lowest BCUT2D eigenvalue weighted by atomic mass is 10.2. The number of hydrogen-bond acceptors (Lipinski definition) is 4. The molecule has 0 unspecified atom stereocenters. The molecule has 0 radical (unpaired) electrons. The van der Waals surface area contributed by atoms with Gasteiger partial charge in [-0.25, -0.2) is 4.98 Å². The summed E-state index contributed by atoms with van der Waals surface area (Å²) in [5.74, 6) is 1.14. The van der Waals surface area contributed by atoms with Crippen LogP contribution in [0.4, 0.5) is 17.2 Å². The van der Waals surface area contributed by atoms with Gasteiger partial charge < -0.3 is 10.1 Å². The van der Waals surface area contributed by atoms with Gasteiger partial charge in [-0.05, 0) is 6.07 Å². The van der Waals surface area contributed by atoms with Gasteiger partial charge in [-0.1, -0.05) is 29.8 Å². The molecule has 1 aliphatic heterocycles. The molecule has 90 valence electrons. The third kappa shape index (κ3) is 1.71. The van der Waals surface area contributed by atoms with E-state index < -0.39 is 0 Å². The number of hydrogen-bond donors (Lipinski definition) is 1. The Kier molecular flexibility index (Phi) is 2.64. The number of nitrogens with one attached hydrogen (secondary N) is 1. The van der Waals surface area contributed by atoms with Crippen molar-refractivity contribution in [3.05, 3.63) is 41.0 Å². The molecule has 0 saturated carbocycles. The molecule has 5 heteroatoms. The van der Waals surface area contributed by atoms with Gasteiger partial charge in [0, 0.05) is 17.5 Å². The van der Waals surface area contributed by atoms with Crippen molar-refractivity contribution in [3.63, 3.8) is 0 Å². The molecule has 2 heterocycles. The molecule has 1 aromatic heterocycles. The van der Waals surface area contributed by atoms with Gasteiger partial charge in [-0.15, -0.1) is 0 Å². The number of halogens is 1. The fourth-order valence-corrected chi connectivity index (χ4v) is 2.06. The number of pyridine rings is 1. The van der Waals surface area contributed by atoms with Crippen LogP contribution in [0, 0.1) is 0 Å². The van der Waals surface area contributed by atoms with Crippen LogP contribution in [0.1, 0.15) is 5.56 Å². The second-order valence-electron chi connectivity index (χ2n) is 3.81. The van der Waals surface area contributed by atoms with Crippen LogP contribution in [0.2, 0.25) is 5.02 Å². The molecule has 1 aromatic carbocycles. The maximum Gasteiger partial charge on any atom is 0.158 e. The van der Waals surface area contributed by atoms with Crippen molar-refractivity contribution >= 4 is 35.0 Å². The van der Waals surface area contributed by atoms with E-state index in [0.29, 0.717) is 22.3 Å². The number of benzene rings is 1. The second-order valence-corrected chi connectivity index (χ2v) is 4.19. The average molecular weight is 260 g/mol. The Balaban J connectivity index is 2.18. The zero-order valence-corrected chi connectivity index (χ0v) is 10.4. The van der Waals surface area contributed by atoms with Crippen molar-refractivity contribution in [2.45, 2.75) is 0 Å². The Labute approximate surface area is 109 Å². The zero-order valence-electron chi connectivity index (χ0n) is 9.64. The van der Waals surface area contributed by atoms with Gasteiger partial charge in [0.15, 0.2) is 11.6 Å². The van der Waals surface area contributed by atoms with Crippen LogP contribution in [0.5, 0.6) is 5.75 Å². The van der Waals surface area contributed by atoms with Crippen LogP contribution in [0.25, 0.3) is 0 Å². The lowest BCUT2D eigenvalue weighted by molar-refractivity contribution is 0.413. The van der Waals surface area contributed by atoms with Gasteiger partial charge in [-0.2, -0.15) is 0 Å². The van der Waals surface area contributed by atoms with E-state index in [1.807, 2.05) is 24.3 Å². The standard InChI is InChI=1S/C13H10ClN3O/c1-18-10-7-16-13-12(11(10)14)15-6-8-4-2-3-5-9(8)17-13/h2-7H,1H3,(H,16,17). The van der Waals surface area contributed by atoms with E-state index in [2.05, 4.69) is 15.3 Å². The van der Waals surface area contributed by atoms with Gasteiger partial charge in [-0.3, -0.25) is 4.99 Å². The summed E-state index contributed by atoms with van der Waals surface area (Å²) in [5.41, 5.74) is 2.53. The number of ether oxygens (including phenoxy) is 1. The number of para-hydroxylation sites is 1. The summed E-state index contributed by atoms with van der Waals surface area (Å²) in [4.78, 5) is 8.65. The van der Waals surface area contributed by atoms with Crippen molar-refractivity contribution in [2.75, 3.05) is 12.4 Å². The first-order chi connectivity index (χ1) is 8.79. The molecule has 0 spiro atoms. The third-order valence-corrected chi connectivity index (χ3v) is 3.09. The van der Waals surface area contributed by atoms with Crippen molar-refractivity contribution in [1.82, 2.24) is 4.98 Å². The molecule has 0 atom stereocenters. The van der Waals surface area contributed by atoms with Gasteiger partial charge in [0.05, 0.1) is 13.3 Å². The van der Waals surface area contributed by atoms with Crippen LogP contribution in [-0.4, -0.2) is 18.3 Å². The minimum Gasteiger partial charge on any atom is -0.493 e. The fourth-order valence-electron chi connectivity index (χ4n) is 1.80. The lowest BCUT2D eigenvalue weighted by Crippen LogP contribution is -1.96. The lowest BCUT2D eigenvalue weighted by Gasteiger charge is -2.10.